The number of nitro groups is 2. The summed E-state index contributed by atoms with van der Waals surface area (Å²) in [6.07, 6.45) is 0. The lowest BCUT2D eigenvalue weighted by Gasteiger charge is -2.47. The fourth-order valence-electron chi connectivity index (χ4n) is 6.13. The molecule has 2 aliphatic rings. The molecule has 13 heteroatoms. The number of nitro benzene ring substituents is 2. The Morgan fingerprint density at radius 3 is 1.58 bits per heavy atom. The molecule has 0 saturated carbocycles. The van der Waals surface area contributed by atoms with Crippen molar-refractivity contribution in [2.45, 2.75) is 25.9 Å². The monoisotopic (exact) mass is 673 g/mol. The van der Waals surface area contributed by atoms with Gasteiger partial charge in [0, 0.05) is 29.8 Å². The summed E-state index contributed by atoms with van der Waals surface area (Å²) in [7, 11) is 0. The lowest BCUT2D eigenvalue weighted by molar-refractivity contribution is -0.385. The molecule has 0 radical (unpaired) electrons. The number of carbonyl (C=O) groups excluding carboxylic acids is 2. The molecule has 13 nitrogen and oxygen atoms in total. The Labute approximate surface area is 286 Å². The number of ether oxygens (including phenoxy) is 2. The van der Waals surface area contributed by atoms with Gasteiger partial charge in [-0.05, 0) is 54.8 Å². The van der Waals surface area contributed by atoms with Gasteiger partial charge in [-0.3, -0.25) is 20.2 Å². The number of esters is 2. The maximum atomic E-state index is 14.1. The highest BCUT2D eigenvalue weighted by Crippen LogP contribution is 2.49. The number of guanidine groups is 1. The molecule has 6 rings (SSSR count). The van der Waals surface area contributed by atoms with E-state index in [1.807, 2.05) is 36.4 Å². The van der Waals surface area contributed by atoms with Crippen LogP contribution in [0.5, 0.6) is 0 Å². The van der Waals surface area contributed by atoms with Gasteiger partial charge in [0.1, 0.15) is 0 Å². The summed E-state index contributed by atoms with van der Waals surface area (Å²) < 4.78 is 11.2. The van der Waals surface area contributed by atoms with Gasteiger partial charge in [-0.2, -0.15) is 0 Å². The Bertz CT molecular complexity index is 2040. The molecule has 50 heavy (non-hydrogen) atoms. The standard InChI is InChI=1S/C37H31N5O8/c1-3-49-35(43)29-31(23-11-7-5-8-12-23)38-37-39-32(24-13-9-6-10-14-24)30(36(44)50-4-2)34(26-17-21-28(22-18-26)42(47)48)40(37)33(29)25-15-19-27(20-16-25)41(45)46/h5-22,33-34H,3-4H2,1-2H3,(H,38,39). The second-order valence-electron chi connectivity index (χ2n) is 11.2. The maximum absolute atomic E-state index is 14.1. The number of aliphatic imine (C=N–C) groups is 1. The van der Waals surface area contributed by atoms with Crippen molar-refractivity contribution in [3.8, 4) is 0 Å². The van der Waals surface area contributed by atoms with E-state index in [2.05, 4.69) is 5.32 Å². The number of hydrogen-bond donors (Lipinski definition) is 1. The average molecular weight is 674 g/mol. The number of rotatable bonds is 10. The summed E-state index contributed by atoms with van der Waals surface area (Å²) in [5.74, 6) is -1.11. The van der Waals surface area contributed by atoms with Crippen LogP contribution < -0.4 is 5.32 Å². The molecule has 0 aliphatic carbocycles. The number of non-ortho nitro benzene ring substituents is 2. The molecule has 2 unspecified atom stereocenters. The predicted molar refractivity (Wildman–Crippen MR) is 184 cm³/mol. The van der Waals surface area contributed by atoms with E-state index in [1.165, 1.54) is 24.3 Å². The van der Waals surface area contributed by atoms with Crippen molar-refractivity contribution in [1.82, 2.24) is 10.2 Å². The first-order valence-electron chi connectivity index (χ1n) is 15.8. The van der Waals surface area contributed by atoms with E-state index in [4.69, 9.17) is 14.5 Å². The fraction of sp³-hybridized carbons (Fsp3) is 0.162. The van der Waals surface area contributed by atoms with Crippen molar-refractivity contribution in [1.29, 1.82) is 0 Å². The highest BCUT2D eigenvalue weighted by Gasteiger charge is 2.48. The van der Waals surface area contributed by atoms with E-state index in [0.717, 1.165) is 0 Å². The molecular weight excluding hydrogens is 642 g/mol. The van der Waals surface area contributed by atoms with Crippen molar-refractivity contribution in [2.24, 2.45) is 4.99 Å². The molecule has 2 aliphatic heterocycles. The Morgan fingerprint density at radius 1 is 0.680 bits per heavy atom. The summed E-state index contributed by atoms with van der Waals surface area (Å²) in [5.41, 5.74) is 2.79. The SMILES string of the molecule is CCOC(=O)C1=C(c2ccccc2)N=C2NC(c3ccccc3)=C(C(=O)OCC)C(c3ccc([N+](=O)[O-])cc3)N2C1c1ccc([N+](=O)[O-])cc1. The molecule has 2 heterocycles. The molecule has 252 valence electrons. The molecule has 0 fully saturated rings. The van der Waals surface area contributed by atoms with Gasteiger partial charge >= 0.3 is 11.9 Å². The van der Waals surface area contributed by atoms with Crippen molar-refractivity contribution in [3.63, 3.8) is 0 Å². The van der Waals surface area contributed by atoms with Crippen LogP contribution in [-0.2, 0) is 19.1 Å². The first-order valence-corrected chi connectivity index (χ1v) is 15.8. The number of fused-ring (bicyclic) bond motifs is 1. The fourth-order valence-corrected chi connectivity index (χ4v) is 6.13. The second kappa shape index (κ2) is 14.2. The molecule has 0 bridgehead atoms. The number of carbonyl (C=O) groups is 2. The minimum atomic E-state index is -1.04. The van der Waals surface area contributed by atoms with Crippen molar-refractivity contribution in [3.05, 3.63) is 163 Å². The molecule has 0 aromatic heterocycles. The Hall–Kier alpha value is -6.63. The number of nitrogens with zero attached hydrogens (tertiary/aromatic N) is 4. The van der Waals surface area contributed by atoms with E-state index in [1.54, 1.807) is 67.3 Å². The van der Waals surface area contributed by atoms with Crippen molar-refractivity contribution in [2.75, 3.05) is 13.2 Å². The van der Waals surface area contributed by atoms with Gasteiger partial charge in [0.2, 0.25) is 5.96 Å². The maximum Gasteiger partial charge on any atom is 0.338 e. The Balaban J connectivity index is 1.72. The minimum Gasteiger partial charge on any atom is -0.463 e. The van der Waals surface area contributed by atoms with E-state index in [-0.39, 0.29) is 41.7 Å². The van der Waals surface area contributed by atoms with Crippen LogP contribution in [0.25, 0.3) is 11.4 Å². The molecule has 0 spiro atoms. The summed E-state index contributed by atoms with van der Waals surface area (Å²) in [6, 6.07) is 27.6. The van der Waals surface area contributed by atoms with Crippen LogP contribution in [0, 0.1) is 20.2 Å². The quantitative estimate of drug-likeness (QED) is 0.111. The van der Waals surface area contributed by atoms with Gasteiger partial charge in [0.15, 0.2) is 0 Å². The zero-order valence-corrected chi connectivity index (χ0v) is 27.0. The predicted octanol–water partition coefficient (Wildman–Crippen LogP) is 6.51. The zero-order valence-electron chi connectivity index (χ0n) is 27.0. The third-order valence-corrected chi connectivity index (χ3v) is 8.27. The lowest BCUT2D eigenvalue weighted by atomic mass is 9.85. The first-order chi connectivity index (χ1) is 24.2. The van der Waals surface area contributed by atoms with Crippen LogP contribution >= 0.6 is 0 Å². The van der Waals surface area contributed by atoms with Gasteiger partial charge in [-0.25, -0.2) is 14.6 Å². The van der Waals surface area contributed by atoms with E-state index >= 15 is 0 Å². The third-order valence-electron chi connectivity index (χ3n) is 8.27. The molecule has 0 saturated heterocycles. The third kappa shape index (κ3) is 6.31. The van der Waals surface area contributed by atoms with Crippen LogP contribution in [0.2, 0.25) is 0 Å². The van der Waals surface area contributed by atoms with Gasteiger partial charge in [0.25, 0.3) is 11.4 Å². The van der Waals surface area contributed by atoms with Gasteiger partial charge < -0.3 is 19.7 Å². The second-order valence-corrected chi connectivity index (χ2v) is 11.2. The molecule has 1 N–H and O–H groups in total. The summed E-state index contributed by atoms with van der Waals surface area (Å²) in [5, 5.41) is 26.7. The van der Waals surface area contributed by atoms with Crippen LogP contribution in [-0.4, -0.2) is 45.9 Å². The Morgan fingerprint density at radius 2 is 1.12 bits per heavy atom. The average Bonchev–Trinajstić information content (AvgIpc) is 3.14. The number of hydrogen-bond acceptors (Lipinski definition) is 11. The van der Waals surface area contributed by atoms with Crippen molar-refractivity contribution >= 4 is 40.7 Å². The van der Waals surface area contributed by atoms with Crippen LogP contribution in [0.4, 0.5) is 11.4 Å². The Kier molecular flexibility index (Phi) is 9.48. The highest BCUT2D eigenvalue weighted by molar-refractivity contribution is 6.10. The van der Waals surface area contributed by atoms with Gasteiger partial charge in [-0.15, -0.1) is 0 Å². The van der Waals surface area contributed by atoms with E-state index in [0.29, 0.717) is 33.6 Å². The number of benzene rings is 4. The van der Waals surface area contributed by atoms with Crippen molar-refractivity contribution < 1.29 is 28.9 Å². The highest BCUT2D eigenvalue weighted by atomic mass is 16.6. The molecular formula is C37H31N5O8. The summed E-state index contributed by atoms with van der Waals surface area (Å²) in [4.78, 5) is 57.2. The largest absolute Gasteiger partial charge is 0.463 e. The first kappa shape index (κ1) is 33.3. The minimum absolute atomic E-state index is 0.0458. The number of nitrogens with one attached hydrogen (secondary N) is 1. The van der Waals surface area contributed by atoms with E-state index in [9.17, 15) is 29.8 Å². The topological polar surface area (TPSA) is 167 Å². The van der Waals surface area contributed by atoms with Gasteiger partial charge in [-0.1, -0.05) is 60.7 Å². The lowest BCUT2D eigenvalue weighted by Crippen LogP contribution is -2.53. The van der Waals surface area contributed by atoms with Crippen LogP contribution in [0.3, 0.4) is 0 Å². The van der Waals surface area contributed by atoms with Crippen LogP contribution in [0.1, 0.15) is 48.2 Å². The molecule has 0 amide bonds. The van der Waals surface area contributed by atoms with Gasteiger partial charge in [0.05, 0.1) is 57.7 Å². The summed E-state index contributed by atoms with van der Waals surface area (Å²) >= 11 is 0. The van der Waals surface area contributed by atoms with E-state index < -0.39 is 33.9 Å². The smallest absolute Gasteiger partial charge is 0.338 e. The van der Waals surface area contributed by atoms with Crippen LogP contribution in [0.15, 0.2) is 125 Å². The summed E-state index contributed by atoms with van der Waals surface area (Å²) in [6.45, 7) is 3.45. The normalized spacial score (nSPS) is 16.9. The zero-order chi connectivity index (χ0) is 35.4. The molecule has 4 aromatic rings. The molecule has 2 atom stereocenters. The molecule has 4 aromatic carbocycles.